The second-order valence-corrected chi connectivity index (χ2v) is 7.82. The van der Waals surface area contributed by atoms with E-state index >= 15 is 0 Å². The van der Waals surface area contributed by atoms with Gasteiger partial charge in [-0.05, 0) is 41.4 Å². The van der Waals surface area contributed by atoms with E-state index in [9.17, 15) is 0 Å². The molecular formula is C18H19BBrClN5O. The summed E-state index contributed by atoms with van der Waals surface area (Å²) < 4.78 is 7.84. The van der Waals surface area contributed by atoms with Gasteiger partial charge >= 0.3 is 7.62 Å². The molecule has 1 saturated heterocycles. The number of fused-ring (bicyclic) bond motifs is 1. The molecule has 0 aliphatic carbocycles. The van der Waals surface area contributed by atoms with E-state index in [-0.39, 0.29) is 6.04 Å². The molecule has 1 atom stereocenters. The lowest BCUT2D eigenvalue weighted by Gasteiger charge is -2.32. The number of aromatic nitrogens is 3. The van der Waals surface area contributed by atoms with Crippen LogP contribution in [0.3, 0.4) is 0 Å². The first-order chi connectivity index (χ1) is 13.2. The van der Waals surface area contributed by atoms with E-state index in [2.05, 4.69) is 31.2 Å². The minimum atomic E-state index is 0.290. The Labute approximate surface area is 172 Å². The molecule has 2 aromatic heterocycles. The number of rotatable bonds is 5. The quantitative estimate of drug-likeness (QED) is 0.602. The average Bonchev–Trinajstić information content (AvgIpc) is 3.04. The normalized spacial score (nSPS) is 18.0. The first-order valence-corrected chi connectivity index (χ1v) is 9.98. The molecule has 6 nitrogen and oxygen atoms in total. The van der Waals surface area contributed by atoms with Crippen molar-refractivity contribution < 1.29 is 4.65 Å². The second kappa shape index (κ2) is 8.18. The van der Waals surface area contributed by atoms with Gasteiger partial charge in [-0.1, -0.05) is 29.8 Å². The van der Waals surface area contributed by atoms with Crippen LogP contribution in [0.25, 0.3) is 16.9 Å². The fourth-order valence-electron chi connectivity index (χ4n) is 3.42. The Morgan fingerprint density at radius 2 is 2.22 bits per heavy atom. The largest absolute Gasteiger partial charge is 0.427 e. The molecule has 1 aliphatic rings. The lowest BCUT2D eigenvalue weighted by molar-refractivity contribution is 0.285. The van der Waals surface area contributed by atoms with Crippen LogP contribution in [0.1, 0.15) is 12.8 Å². The second-order valence-electron chi connectivity index (χ2n) is 6.55. The zero-order valence-corrected chi connectivity index (χ0v) is 17.2. The average molecular weight is 448 g/mol. The number of anilines is 1. The summed E-state index contributed by atoms with van der Waals surface area (Å²) in [6, 6.07) is 10.0. The first kappa shape index (κ1) is 18.7. The van der Waals surface area contributed by atoms with Crippen molar-refractivity contribution in [3.63, 3.8) is 0 Å². The molecule has 139 valence electrons. The molecule has 0 saturated carbocycles. The molecule has 3 aromatic rings. The molecule has 1 N–H and O–H groups in total. The molecular weight excluding hydrogens is 428 g/mol. The number of hydrogen-bond acceptors (Lipinski definition) is 5. The predicted octanol–water partition coefficient (Wildman–Crippen LogP) is 3.87. The van der Waals surface area contributed by atoms with Crippen LogP contribution in [0.15, 0.2) is 41.0 Å². The third kappa shape index (κ3) is 3.99. The van der Waals surface area contributed by atoms with Crippen LogP contribution in [0.2, 0.25) is 5.02 Å². The molecule has 0 amide bonds. The number of halogens is 2. The van der Waals surface area contributed by atoms with Gasteiger partial charge in [0.15, 0.2) is 5.65 Å². The minimum Gasteiger partial charge on any atom is -0.427 e. The Morgan fingerprint density at radius 3 is 3.04 bits per heavy atom. The minimum absolute atomic E-state index is 0.290. The number of nitrogens with zero attached hydrogens (tertiary/aromatic N) is 4. The summed E-state index contributed by atoms with van der Waals surface area (Å²) in [7, 11) is 3.47. The maximum absolute atomic E-state index is 6.40. The van der Waals surface area contributed by atoms with E-state index in [1.807, 2.05) is 34.8 Å². The third-order valence-electron chi connectivity index (χ3n) is 4.64. The van der Waals surface area contributed by atoms with Gasteiger partial charge in [0.25, 0.3) is 0 Å². The van der Waals surface area contributed by atoms with Gasteiger partial charge in [-0.25, -0.2) is 4.98 Å². The van der Waals surface area contributed by atoms with Crippen molar-refractivity contribution >= 4 is 46.6 Å². The standard InChI is InChI=1S/C18H19BBrClN5O/c1-27-19-25-8-4-5-12(11-25)23-17-9-16(13-6-2-3-7-15(13)21)24-18-14(20)10-22-26(17)18/h2-3,6-7,9-10,12,23H,4-5,8,11H2,1H3. The fraction of sp³-hybridized carbons (Fsp3) is 0.333. The zero-order valence-electron chi connectivity index (χ0n) is 14.9. The molecule has 27 heavy (non-hydrogen) atoms. The van der Waals surface area contributed by atoms with E-state index in [1.165, 1.54) is 0 Å². The molecule has 0 bridgehead atoms. The van der Waals surface area contributed by atoms with Crippen LogP contribution in [-0.4, -0.2) is 53.3 Å². The lowest BCUT2D eigenvalue weighted by atomic mass is 10.0. The zero-order chi connectivity index (χ0) is 18.8. The van der Waals surface area contributed by atoms with Crippen molar-refractivity contribution in [3.05, 3.63) is 46.0 Å². The van der Waals surface area contributed by atoms with Gasteiger partial charge in [-0.15, -0.1) is 0 Å². The SMILES string of the molecule is CO[B]N1CCCC(Nc2cc(-c3ccccc3Cl)nc3c(Br)cnn23)C1. The summed E-state index contributed by atoms with van der Waals surface area (Å²) in [5.41, 5.74) is 2.47. The molecule has 0 spiro atoms. The van der Waals surface area contributed by atoms with Crippen LogP contribution >= 0.6 is 27.5 Å². The van der Waals surface area contributed by atoms with Crippen LogP contribution in [0.5, 0.6) is 0 Å². The molecule has 1 radical (unpaired) electrons. The highest BCUT2D eigenvalue weighted by molar-refractivity contribution is 9.10. The Balaban J connectivity index is 1.70. The van der Waals surface area contributed by atoms with Gasteiger partial charge in [0.1, 0.15) is 5.82 Å². The summed E-state index contributed by atoms with van der Waals surface area (Å²) in [6.07, 6.45) is 3.95. The smallest absolute Gasteiger partial charge is 0.398 e. The van der Waals surface area contributed by atoms with Gasteiger partial charge in [-0.2, -0.15) is 9.61 Å². The summed E-state index contributed by atoms with van der Waals surface area (Å²) in [5.74, 6) is 0.893. The van der Waals surface area contributed by atoms with Crippen molar-refractivity contribution in [2.45, 2.75) is 18.9 Å². The highest BCUT2D eigenvalue weighted by Crippen LogP contribution is 2.30. The van der Waals surface area contributed by atoms with E-state index in [1.54, 1.807) is 20.9 Å². The summed E-state index contributed by atoms with van der Waals surface area (Å²) in [5, 5.41) is 8.77. The van der Waals surface area contributed by atoms with Crippen LogP contribution in [0.4, 0.5) is 5.82 Å². The molecule has 1 aromatic carbocycles. The van der Waals surface area contributed by atoms with Crippen molar-refractivity contribution in [2.24, 2.45) is 0 Å². The van der Waals surface area contributed by atoms with Gasteiger partial charge < -0.3 is 14.8 Å². The molecule has 1 unspecified atom stereocenters. The van der Waals surface area contributed by atoms with Crippen molar-refractivity contribution in [1.82, 2.24) is 19.4 Å². The van der Waals surface area contributed by atoms with E-state index in [4.69, 9.17) is 21.2 Å². The van der Waals surface area contributed by atoms with Crippen LogP contribution in [-0.2, 0) is 4.65 Å². The molecule has 9 heteroatoms. The molecule has 1 aliphatic heterocycles. The van der Waals surface area contributed by atoms with Gasteiger partial charge in [-0.3, -0.25) is 0 Å². The van der Waals surface area contributed by atoms with Crippen molar-refractivity contribution in [2.75, 3.05) is 25.5 Å². The van der Waals surface area contributed by atoms with Crippen LogP contribution < -0.4 is 5.32 Å². The lowest BCUT2D eigenvalue weighted by Crippen LogP contribution is -2.44. The van der Waals surface area contributed by atoms with Crippen molar-refractivity contribution in [3.8, 4) is 11.3 Å². The van der Waals surface area contributed by atoms with Gasteiger partial charge in [0.05, 0.1) is 16.4 Å². The molecule has 3 heterocycles. The van der Waals surface area contributed by atoms with E-state index < -0.39 is 0 Å². The number of piperidine rings is 1. The highest BCUT2D eigenvalue weighted by Gasteiger charge is 2.22. The highest BCUT2D eigenvalue weighted by atomic mass is 79.9. The monoisotopic (exact) mass is 446 g/mol. The van der Waals surface area contributed by atoms with Gasteiger partial charge in [0, 0.05) is 36.3 Å². The molecule has 1 fully saturated rings. The molecule has 4 rings (SSSR count). The summed E-state index contributed by atoms with van der Waals surface area (Å²) in [6.45, 7) is 1.89. The Bertz CT molecular complexity index is 951. The predicted molar refractivity (Wildman–Crippen MR) is 112 cm³/mol. The topological polar surface area (TPSA) is 54.7 Å². The maximum Gasteiger partial charge on any atom is 0.398 e. The summed E-state index contributed by atoms with van der Waals surface area (Å²) in [4.78, 5) is 6.94. The third-order valence-corrected chi connectivity index (χ3v) is 5.53. The first-order valence-electron chi connectivity index (χ1n) is 8.81. The van der Waals surface area contributed by atoms with Crippen LogP contribution in [0, 0.1) is 0 Å². The fourth-order valence-corrected chi connectivity index (χ4v) is 4.00. The van der Waals surface area contributed by atoms with Gasteiger partial charge in [0.2, 0.25) is 0 Å². The number of benzene rings is 1. The number of nitrogens with one attached hydrogen (secondary N) is 1. The maximum atomic E-state index is 6.40. The van der Waals surface area contributed by atoms with E-state index in [0.717, 1.165) is 53.1 Å². The summed E-state index contributed by atoms with van der Waals surface area (Å²) >= 11 is 9.95. The van der Waals surface area contributed by atoms with E-state index in [0.29, 0.717) is 5.02 Å². The Kier molecular flexibility index (Phi) is 5.68. The Morgan fingerprint density at radius 1 is 1.37 bits per heavy atom. The number of hydrogen-bond donors (Lipinski definition) is 1. The van der Waals surface area contributed by atoms with Crippen molar-refractivity contribution in [1.29, 1.82) is 0 Å². The Hall–Kier alpha value is -1.61.